The smallest absolute Gasteiger partial charge is 0.425 e. The van der Waals surface area contributed by atoms with Gasteiger partial charge in [-0.3, -0.25) is 0 Å². The SMILES string of the molecule is CC1(C)NN2C(=O)O[C@]3(C)CC[C@H]1[C@]23C. The lowest BCUT2D eigenvalue weighted by molar-refractivity contribution is 0.0267. The molecule has 1 N–H and O–H groups in total. The van der Waals surface area contributed by atoms with Crippen LogP contribution in [0.1, 0.15) is 40.5 Å². The van der Waals surface area contributed by atoms with E-state index in [0.29, 0.717) is 5.92 Å². The molecule has 2 saturated heterocycles. The Bertz CT molecular complexity index is 354. The highest BCUT2D eigenvalue weighted by Crippen LogP contribution is 2.59. The zero-order valence-corrected chi connectivity index (χ0v) is 9.76. The molecule has 15 heavy (non-hydrogen) atoms. The second-order valence-corrected chi connectivity index (χ2v) is 6.01. The molecule has 4 heteroatoms. The summed E-state index contributed by atoms with van der Waals surface area (Å²) >= 11 is 0. The highest BCUT2D eigenvalue weighted by Gasteiger charge is 2.73. The van der Waals surface area contributed by atoms with Crippen LogP contribution in [0.5, 0.6) is 0 Å². The van der Waals surface area contributed by atoms with Crippen LogP contribution in [0.4, 0.5) is 4.79 Å². The van der Waals surface area contributed by atoms with Crippen LogP contribution in [-0.4, -0.2) is 27.8 Å². The summed E-state index contributed by atoms with van der Waals surface area (Å²) in [6.45, 7) is 8.55. The average Bonchev–Trinajstić information content (AvgIpc) is 2.54. The molecule has 0 aromatic heterocycles. The van der Waals surface area contributed by atoms with Crippen molar-refractivity contribution in [2.75, 3.05) is 0 Å². The minimum Gasteiger partial charge on any atom is -0.440 e. The average molecular weight is 210 g/mol. The number of nitrogens with zero attached hydrogens (tertiary/aromatic N) is 1. The Morgan fingerprint density at radius 1 is 1.40 bits per heavy atom. The first-order chi connectivity index (χ1) is 6.81. The number of hydrogen-bond acceptors (Lipinski definition) is 3. The Labute approximate surface area is 89.9 Å². The van der Waals surface area contributed by atoms with Crippen molar-refractivity contribution in [1.82, 2.24) is 10.4 Å². The van der Waals surface area contributed by atoms with E-state index in [0.717, 1.165) is 12.8 Å². The number of hydrogen-bond donors (Lipinski definition) is 1. The van der Waals surface area contributed by atoms with E-state index in [1.165, 1.54) is 0 Å². The van der Waals surface area contributed by atoms with Gasteiger partial charge in [0.05, 0.1) is 0 Å². The lowest BCUT2D eigenvalue weighted by atomic mass is 9.74. The van der Waals surface area contributed by atoms with E-state index in [1.807, 2.05) is 0 Å². The number of ether oxygens (including phenoxy) is 1. The van der Waals surface area contributed by atoms with Gasteiger partial charge in [0.1, 0.15) is 11.1 Å². The van der Waals surface area contributed by atoms with E-state index >= 15 is 0 Å². The zero-order valence-electron chi connectivity index (χ0n) is 9.76. The fourth-order valence-corrected chi connectivity index (χ4v) is 3.89. The number of amides is 1. The Morgan fingerprint density at radius 3 is 2.73 bits per heavy atom. The molecule has 3 rings (SSSR count). The van der Waals surface area contributed by atoms with E-state index < -0.39 is 0 Å². The molecule has 0 unspecified atom stereocenters. The molecular weight excluding hydrogens is 192 g/mol. The number of rotatable bonds is 0. The highest BCUT2D eigenvalue weighted by molar-refractivity contribution is 5.73. The van der Waals surface area contributed by atoms with E-state index in [4.69, 9.17) is 4.74 Å². The fraction of sp³-hybridized carbons (Fsp3) is 0.909. The topological polar surface area (TPSA) is 41.6 Å². The molecule has 3 fully saturated rings. The maximum absolute atomic E-state index is 11.8. The van der Waals surface area contributed by atoms with E-state index in [-0.39, 0.29) is 22.8 Å². The van der Waals surface area contributed by atoms with Crippen molar-refractivity contribution in [2.45, 2.75) is 57.2 Å². The highest BCUT2D eigenvalue weighted by atomic mass is 16.6. The number of carbonyl (C=O) groups is 1. The van der Waals surface area contributed by atoms with E-state index in [9.17, 15) is 4.79 Å². The van der Waals surface area contributed by atoms with Crippen LogP contribution in [-0.2, 0) is 4.74 Å². The molecule has 0 aromatic carbocycles. The lowest BCUT2D eigenvalue weighted by Crippen LogP contribution is -2.52. The third kappa shape index (κ3) is 0.781. The normalized spacial score (nSPS) is 50.8. The minimum absolute atomic E-state index is 0.00799. The fourth-order valence-electron chi connectivity index (χ4n) is 3.89. The first-order valence-electron chi connectivity index (χ1n) is 5.62. The summed E-state index contributed by atoms with van der Waals surface area (Å²) in [5.41, 5.74) is 2.81. The first-order valence-corrected chi connectivity index (χ1v) is 5.62. The van der Waals surface area contributed by atoms with Gasteiger partial charge in [-0.25, -0.2) is 15.2 Å². The van der Waals surface area contributed by atoms with Gasteiger partial charge in [-0.2, -0.15) is 0 Å². The van der Waals surface area contributed by atoms with Gasteiger partial charge in [0.15, 0.2) is 0 Å². The molecule has 84 valence electrons. The van der Waals surface area contributed by atoms with Crippen LogP contribution in [0.25, 0.3) is 0 Å². The van der Waals surface area contributed by atoms with E-state index in [1.54, 1.807) is 5.01 Å². The molecule has 1 saturated carbocycles. The van der Waals surface area contributed by atoms with Gasteiger partial charge in [-0.05, 0) is 40.5 Å². The molecule has 1 aliphatic carbocycles. The number of carbonyl (C=O) groups excluding carboxylic acids is 1. The van der Waals surface area contributed by atoms with Crippen molar-refractivity contribution in [3.8, 4) is 0 Å². The summed E-state index contributed by atoms with van der Waals surface area (Å²) in [7, 11) is 0. The second-order valence-electron chi connectivity index (χ2n) is 6.01. The van der Waals surface area contributed by atoms with Crippen molar-refractivity contribution in [3.05, 3.63) is 0 Å². The van der Waals surface area contributed by atoms with Crippen molar-refractivity contribution in [1.29, 1.82) is 0 Å². The molecule has 1 amide bonds. The van der Waals surface area contributed by atoms with Gasteiger partial charge in [0, 0.05) is 11.5 Å². The van der Waals surface area contributed by atoms with Crippen LogP contribution < -0.4 is 5.43 Å². The molecule has 0 aromatic rings. The largest absolute Gasteiger partial charge is 0.440 e. The standard InChI is InChI=1S/C11H18N2O2/c1-9(2)7-5-6-10(3)11(7,4)13(12-9)8(14)15-10/h7,12H,5-6H2,1-4H3/t7-,10-,11+/m1/s1. The van der Waals surface area contributed by atoms with Crippen LogP contribution in [0, 0.1) is 5.92 Å². The maximum Gasteiger partial charge on any atom is 0.425 e. The Balaban J connectivity index is 2.16. The third-order valence-electron chi connectivity index (χ3n) is 4.89. The predicted octanol–water partition coefficient (Wildman–Crippen LogP) is 1.66. The van der Waals surface area contributed by atoms with Crippen molar-refractivity contribution < 1.29 is 9.53 Å². The lowest BCUT2D eigenvalue weighted by Gasteiger charge is -2.34. The summed E-state index contributed by atoms with van der Waals surface area (Å²) in [6.07, 6.45) is 1.88. The summed E-state index contributed by atoms with van der Waals surface area (Å²) in [6, 6.07) is 0. The molecule has 2 aliphatic heterocycles. The Morgan fingerprint density at radius 2 is 2.07 bits per heavy atom. The molecule has 0 bridgehead atoms. The summed E-state index contributed by atoms with van der Waals surface area (Å²) < 4.78 is 5.53. The van der Waals surface area contributed by atoms with Crippen LogP contribution in [0.3, 0.4) is 0 Å². The Hall–Kier alpha value is -0.770. The number of nitrogens with one attached hydrogen (secondary N) is 1. The van der Waals surface area contributed by atoms with Crippen LogP contribution in [0.2, 0.25) is 0 Å². The molecule has 4 nitrogen and oxygen atoms in total. The predicted molar refractivity (Wildman–Crippen MR) is 55.1 cm³/mol. The van der Waals surface area contributed by atoms with Crippen molar-refractivity contribution in [3.63, 3.8) is 0 Å². The second kappa shape index (κ2) is 2.17. The van der Waals surface area contributed by atoms with E-state index in [2.05, 4.69) is 33.1 Å². The van der Waals surface area contributed by atoms with Gasteiger partial charge in [0.25, 0.3) is 0 Å². The monoisotopic (exact) mass is 210 g/mol. The molecule has 2 heterocycles. The number of hydrazine groups is 1. The summed E-state index contributed by atoms with van der Waals surface area (Å²) in [5.74, 6) is 0.474. The molecule has 0 spiro atoms. The molecular formula is C11H18N2O2. The van der Waals surface area contributed by atoms with Crippen LogP contribution in [0.15, 0.2) is 0 Å². The van der Waals surface area contributed by atoms with Gasteiger partial charge >= 0.3 is 6.09 Å². The van der Waals surface area contributed by atoms with Gasteiger partial charge in [-0.1, -0.05) is 0 Å². The van der Waals surface area contributed by atoms with Crippen molar-refractivity contribution >= 4 is 6.09 Å². The first kappa shape index (κ1) is 9.46. The van der Waals surface area contributed by atoms with Gasteiger partial charge < -0.3 is 4.74 Å². The zero-order chi connectivity index (χ0) is 11.1. The molecule has 3 atom stereocenters. The van der Waals surface area contributed by atoms with Crippen LogP contribution >= 0.6 is 0 Å². The summed E-state index contributed by atoms with van der Waals surface area (Å²) in [4.78, 5) is 11.8. The quantitative estimate of drug-likeness (QED) is 0.661. The van der Waals surface area contributed by atoms with Gasteiger partial charge in [0.2, 0.25) is 0 Å². The summed E-state index contributed by atoms with van der Waals surface area (Å²) in [5, 5.41) is 1.73. The van der Waals surface area contributed by atoms with Gasteiger partial charge in [-0.15, -0.1) is 0 Å². The Kier molecular flexibility index (Phi) is 1.37. The molecule has 3 aliphatic rings. The molecule has 0 radical (unpaired) electrons. The minimum atomic E-state index is -0.310. The maximum atomic E-state index is 11.8. The van der Waals surface area contributed by atoms with Crippen molar-refractivity contribution in [2.24, 2.45) is 5.92 Å². The third-order valence-corrected chi connectivity index (χ3v) is 4.89.